The Labute approximate surface area is 84.7 Å². The summed E-state index contributed by atoms with van der Waals surface area (Å²) >= 11 is 1.76. The van der Waals surface area contributed by atoms with Gasteiger partial charge >= 0.3 is 0 Å². The molecule has 0 N–H and O–H groups in total. The lowest BCUT2D eigenvalue weighted by atomic mass is 9.76. The highest BCUT2D eigenvalue weighted by molar-refractivity contribution is 7.10. The normalized spacial score (nSPS) is 17.0. The van der Waals surface area contributed by atoms with Gasteiger partial charge < -0.3 is 4.74 Å². The fraction of sp³-hybridized carbons (Fsp3) is 0.636. The number of hydrogen-bond donors (Lipinski definition) is 0. The van der Waals surface area contributed by atoms with Crippen LogP contribution in [0.15, 0.2) is 17.5 Å². The fourth-order valence-electron chi connectivity index (χ4n) is 1.33. The van der Waals surface area contributed by atoms with E-state index in [0.717, 1.165) is 0 Å². The van der Waals surface area contributed by atoms with Crippen molar-refractivity contribution in [2.75, 3.05) is 7.11 Å². The third-order valence-corrected chi connectivity index (χ3v) is 3.90. The number of thiophene rings is 1. The van der Waals surface area contributed by atoms with E-state index in [1.165, 1.54) is 4.88 Å². The third-order valence-electron chi connectivity index (χ3n) is 2.83. The minimum Gasteiger partial charge on any atom is -0.372 e. The van der Waals surface area contributed by atoms with Crippen molar-refractivity contribution in [2.24, 2.45) is 5.41 Å². The SMILES string of the molecule is COC(C)(c1cccs1)C(C)(C)C. The van der Waals surface area contributed by atoms with Gasteiger partial charge in [-0.25, -0.2) is 0 Å². The monoisotopic (exact) mass is 198 g/mol. The lowest BCUT2D eigenvalue weighted by molar-refractivity contribution is -0.0808. The van der Waals surface area contributed by atoms with E-state index in [2.05, 4.69) is 45.2 Å². The zero-order valence-electron chi connectivity index (χ0n) is 9.05. The second-order valence-electron chi connectivity index (χ2n) is 4.46. The maximum Gasteiger partial charge on any atom is 0.104 e. The molecule has 0 saturated carbocycles. The van der Waals surface area contributed by atoms with Crippen LogP contribution in [0.3, 0.4) is 0 Å². The van der Waals surface area contributed by atoms with E-state index >= 15 is 0 Å². The zero-order chi connectivity index (χ0) is 10.1. The third kappa shape index (κ3) is 1.79. The average molecular weight is 198 g/mol. The molecule has 1 unspecified atom stereocenters. The van der Waals surface area contributed by atoms with Gasteiger partial charge in [-0.1, -0.05) is 26.8 Å². The Hall–Kier alpha value is -0.340. The van der Waals surface area contributed by atoms with Crippen molar-refractivity contribution in [1.29, 1.82) is 0 Å². The minimum atomic E-state index is -0.179. The molecule has 0 radical (unpaired) electrons. The van der Waals surface area contributed by atoms with E-state index in [1.807, 2.05) is 0 Å². The van der Waals surface area contributed by atoms with Gasteiger partial charge in [0.05, 0.1) is 0 Å². The van der Waals surface area contributed by atoms with Crippen LogP contribution in [0, 0.1) is 5.41 Å². The molecule has 0 aliphatic rings. The van der Waals surface area contributed by atoms with Gasteiger partial charge in [0.1, 0.15) is 5.60 Å². The first-order valence-corrected chi connectivity index (χ1v) is 5.39. The molecule has 13 heavy (non-hydrogen) atoms. The van der Waals surface area contributed by atoms with Crippen LogP contribution in [0.25, 0.3) is 0 Å². The standard InChI is InChI=1S/C11H18OS/c1-10(2,3)11(4,12-5)9-7-6-8-13-9/h6-8H,1-5H3. The van der Waals surface area contributed by atoms with Gasteiger partial charge in [-0.05, 0) is 23.8 Å². The molecule has 0 spiro atoms. The molecule has 0 fully saturated rings. The molecule has 0 aliphatic carbocycles. The molecule has 0 amide bonds. The van der Waals surface area contributed by atoms with Crippen molar-refractivity contribution in [3.63, 3.8) is 0 Å². The van der Waals surface area contributed by atoms with E-state index < -0.39 is 0 Å². The number of hydrogen-bond acceptors (Lipinski definition) is 2. The summed E-state index contributed by atoms with van der Waals surface area (Å²) in [6, 6.07) is 4.21. The molecule has 1 aromatic heterocycles. The summed E-state index contributed by atoms with van der Waals surface area (Å²) in [5, 5.41) is 2.10. The molecule has 74 valence electrons. The lowest BCUT2D eigenvalue weighted by Gasteiger charge is -2.40. The van der Waals surface area contributed by atoms with Gasteiger partial charge in [-0.3, -0.25) is 0 Å². The molecule has 0 bridgehead atoms. The number of rotatable bonds is 2. The molecule has 1 aromatic rings. The van der Waals surface area contributed by atoms with E-state index in [-0.39, 0.29) is 11.0 Å². The zero-order valence-corrected chi connectivity index (χ0v) is 9.87. The highest BCUT2D eigenvalue weighted by Gasteiger charge is 2.39. The van der Waals surface area contributed by atoms with Gasteiger partial charge in [0.25, 0.3) is 0 Å². The van der Waals surface area contributed by atoms with E-state index in [1.54, 1.807) is 18.4 Å². The second kappa shape index (κ2) is 3.43. The van der Waals surface area contributed by atoms with Crippen LogP contribution in [0.4, 0.5) is 0 Å². The van der Waals surface area contributed by atoms with Crippen LogP contribution in [-0.2, 0) is 10.3 Å². The average Bonchev–Trinajstić information content (AvgIpc) is 2.52. The molecular weight excluding hydrogens is 180 g/mol. The first-order valence-electron chi connectivity index (χ1n) is 4.51. The molecule has 1 rings (SSSR count). The van der Waals surface area contributed by atoms with Crippen molar-refractivity contribution in [3.05, 3.63) is 22.4 Å². The minimum absolute atomic E-state index is 0.118. The Bertz CT molecular complexity index is 258. The van der Waals surface area contributed by atoms with Crippen LogP contribution in [0.1, 0.15) is 32.6 Å². The summed E-state index contributed by atoms with van der Waals surface area (Å²) in [5.41, 5.74) is -0.0617. The Morgan fingerprint density at radius 2 is 1.85 bits per heavy atom. The summed E-state index contributed by atoms with van der Waals surface area (Å²) in [4.78, 5) is 1.29. The molecule has 0 saturated heterocycles. The molecule has 0 aromatic carbocycles. The molecule has 1 nitrogen and oxygen atoms in total. The van der Waals surface area contributed by atoms with Crippen molar-refractivity contribution in [2.45, 2.75) is 33.3 Å². The Morgan fingerprint density at radius 1 is 1.23 bits per heavy atom. The maximum absolute atomic E-state index is 5.66. The molecule has 0 aliphatic heterocycles. The predicted octanol–water partition coefficient (Wildman–Crippen LogP) is 3.66. The van der Waals surface area contributed by atoms with Crippen molar-refractivity contribution in [1.82, 2.24) is 0 Å². The smallest absolute Gasteiger partial charge is 0.104 e. The highest BCUT2D eigenvalue weighted by atomic mass is 32.1. The van der Waals surface area contributed by atoms with Gasteiger partial charge in [-0.15, -0.1) is 11.3 Å². The summed E-state index contributed by atoms with van der Waals surface area (Å²) in [7, 11) is 1.78. The summed E-state index contributed by atoms with van der Waals surface area (Å²) in [5.74, 6) is 0. The van der Waals surface area contributed by atoms with Crippen LogP contribution >= 0.6 is 11.3 Å². The summed E-state index contributed by atoms with van der Waals surface area (Å²) < 4.78 is 5.66. The predicted molar refractivity (Wildman–Crippen MR) is 58.1 cm³/mol. The Kier molecular flexibility index (Phi) is 2.83. The second-order valence-corrected chi connectivity index (χ2v) is 5.41. The fourth-order valence-corrected chi connectivity index (χ4v) is 2.40. The maximum atomic E-state index is 5.66. The van der Waals surface area contributed by atoms with Gasteiger partial charge in [0, 0.05) is 12.0 Å². The van der Waals surface area contributed by atoms with Crippen LogP contribution in [0.5, 0.6) is 0 Å². The van der Waals surface area contributed by atoms with Crippen molar-refractivity contribution >= 4 is 11.3 Å². The van der Waals surface area contributed by atoms with E-state index in [4.69, 9.17) is 4.74 Å². The first kappa shape index (κ1) is 10.7. The van der Waals surface area contributed by atoms with Gasteiger partial charge in [0.2, 0.25) is 0 Å². The summed E-state index contributed by atoms with van der Waals surface area (Å²) in [6.45, 7) is 8.77. The van der Waals surface area contributed by atoms with Gasteiger partial charge in [-0.2, -0.15) is 0 Å². The van der Waals surface area contributed by atoms with E-state index in [0.29, 0.717) is 0 Å². The van der Waals surface area contributed by atoms with Crippen LogP contribution < -0.4 is 0 Å². The first-order chi connectivity index (χ1) is 5.92. The largest absolute Gasteiger partial charge is 0.372 e. The van der Waals surface area contributed by atoms with Crippen molar-refractivity contribution < 1.29 is 4.74 Å². The Morgan fingerprint density at radius 3 is 2.15 bits per heavy atom. The topological polar surface area (TPSA) is 9.23 Å². The van der Waals surface area contributed by atoms with E-state index in [9.17, 15) is 0 Å². The molecule has 2 heteroatoms. The van der Waals surface area contributed by atoms with Crippen LogP contribution in [-0.4, -0.2) is 7.11 Å². The quantitative estimate of drug-likeness (QED) is 0.704. The highest BCUT2D eigenvalue weighted by Crippen LogP contribution is 2.43. The number of methoxy groups -OCH3 is 1. The molecule has 1 heterocycles. The van der Waals surface area contributed by atoms with Crippen LogP contribution in [0.2, 0.25) is 0 Å². The van der Waals surface area contributed by atoms with Gasteiger partial charge in [0.15, 0.2) is 0 Å². The molecular formula is C11H18OS. The molecule has 1 atom stereocenters. The lowest BCUT2D eigenvalue weighted by Crippen LogP contribution is -2.38. The number of ether oxygens (including phenoxy) is 1. The Balaban J connectivity index is 3.09. The van der Waals surface area contributed by atoms with Crippen molar-refractivity contribution in [3.8, 4) is 0 Å². The summed E-state index contributed by atoms with van der Waals surface area (Å²) in [6.07, 6.45) is 0.